The number of hydrogen-bond acceptors (Lipinski definition) is 4. The molecule has 0 spiro atoms. The molecule has 1 aliphatic heterocycles. The molecule has 1 N–H and O–H groups in total. The number of rotatable bonds is 3. The Balaban J connectivity index is 1.60. The molecule has 4 rings (SSSR count). The maximum atomic E-state index is 14.6. The molecule has 7 nitrogen and oxygen atoms in total. The number of carbonyl (C=O) groups excluding carboxylic acids is 1. The Hall–Kier alpha value is -3.16. The Labute approximate surface area is 162 Å². The zero-order valence-electron chi connectivity index (χ0n) is 16.0. The van der Waals surface area contributed by atoms with E-state index in [0.717, 1.165) is 11.0 Å². The van der Waals surface area contributed by atoms with Gasteiger partial charge in [0.05, 0.1) is 22.8 Å². The van der Waals surface area contributed by atoms with Crippen molar-refractivity contribution in [3.05, 3.63) is 42.3 Å². The normalized spacial score (nSPS) is 14.5. The molecule has 1 aliphatic rings. The molecule has 2 amide bonds. The maximum absolute atomic E-state index is 14.6. The summed E-state index contributed by atoms with van der Waals surface area (Å²) in [7, 11) is 1.88. The first-order chi connectivity index (χ1) is 13.6. The van der Waals surface area contributed by atoms with E-state index >= 15 is 0 Å². The second-order valence-electron chi connectivity index (χ2n) is 6.82. The lowest BCUT2D eigenvalue weighted by molar-refractivity contribution is 0.195. The van der Waals surface area contributed by atoms with E-state index in [-0.39, 0.29) is 6.03 Å². The fraction of sp³-hybridized carbons (Fsp3) is 0.350. The monoisotopic (exact) mass is 382 g/mol. The molecular weight excluding hydrogens is 359 g/mol. The van der Waals surface area contributed by atoms with Crippen molar-refractivity contribution in [3.63, 3.8) is 0 Å². The van der Waals surface area contributed by atoms with E-state index in [1.165, 1.54) is 6.20 Å². The van der Waals surface area contributed by atoms with Crippen molar-refractivity contribution < 1.29 is 9.18 Å². The van der Waals surface area contributed by atoms with E-state index in [4.69, 9.17) is 0 Å². The number of imidazole rings is 1. The summed E-state index contributed by atoms with van der Waals surface area (Å²) in [6, 6.07) is 9.44. The zero-order chi connectivity index (χ0) is 19.7. The zero-order valence-corrected chi connectivity index (χ0v) is 16.0. The average Bonchev–Trinajstić information content (AvgIpc) is 3.05. The lowest BCUT2D eigenvalue weighted by Crippen LogP contribution is -2.52. The van der Waals surface area contributed by atoms with Gasteiger partial charge in [0.2, 0.25) is 0 Å². The van der Waals surface area contributed by atoms with Gasteiger partial charge < -0.3 is 19.7 Å². The number of hydrogen-bond donors (Lipinski definition) is 1. The van der Waals surface area contributed by atoms with Gasteiger partial charge in [-0.2, -0.15) is 0 Å². The van der Waals surface area contributed by atoms with Crippen molar-refractivity contribution in [1.29, 1.82) is 0 Å². The second-order valence-corrected chi connectivity index (χ2v) is 6.82. The Morgan fingerprint density at radius 1 is 1.21 bits per heavy atom. The number of anilines is 1. The smallest absolute Gasteiger partial charge is 0.317 e. The van der Waals surface area contributed by atoms with Crippen LogP contribution < -0.4 is 10.2 Å². The van der Waals surface area contributed by atoms with Crippen LogP contribution in [-0.4, -0.2) is 58.2 Å². The molecule has 1 fully saturated rings. The van der Waals surface area contributed by atoms with E-state index in [1.807, 2.05) is 42.8 Å². The molecular formula is C20H23FN6O. The Morgan fingerprint density at radius 3 is 2.68 bits per heavy atom. The summed E-state index contributed by atoms with van der Waals surface area (Å²) in [5.74, 6) is 0.866. The van der Waals surface area contributed by atoms with Crippen molar-refractivity contribution in [2.75, 3.05) is 37.6 Å². The fourth-order valence-corrected chi connectivity index (χ4v) is 3.56. The minimum absolute atomic E-state index is 0.0467. The third-order valence-corrected chi connectivity index (χ3v) is 5.09. The molecule has 3 heterocycles. The minimum atomic E-state index is -0.400. The number of nitrogens with zero attached hydrogens (tertiary/aromatic N) is 5. The van der Waals surface area contributed by atoms with Crippen molar-refractivity contribution in [1.82, 2.24) is 24.8 Å². The summed E-state index contributed by atoms with van der Waals surface area (Å²) in [6.07, 6.45) is 1.25. The molecule has 0 radical (unpaired) electrons. The number of nitrogens with one attached hydrogen (secondary N) is 1. The summed E-state index contributed by atoms with van der Waals surface area (Å²) >= 11 is 0. The standard InChI is InChI=1S/C20H23FN6O/c1-3-22-20(28)27-10-8-26(9-11-27)18-12-14(15(21)13-23-18)19-24-16-6-4-5-7-17(16)25(19)2/h4-7,12-13H,3,8-11H2,1-2H3,(H,22,28). The summed E-state index contributed by atoms with van der Waals surface area (Å²) < 4.78 is 16.5. The first-order valence-corrected chi connectivity index (χ1v) is 9.43. The van der Waals surface area contributed by atoms with Crippen LogP contribution in [0.4, 0.5) is 15.0 Å². The van der Waals surface area contributed by atoms with Gasteiger partial charge in [-0.3, -0.25) is 0 Å². The molecule has 0 aliphatic carbocycles. The lowest BCUT2D eigenvalue weighted by atomic mass is 10.2. The van der Waals surface area contributed by atoms with Gasteiger partial charge in [-0.05, 0) is 25.1 Å². The third-order valence-electron chi connectivity index (χ3n) is 5.09. The first-order valence-electron chi connectivity index (χ1n) is 9.43. The number of benzene rings is 1. The van der Waals surface area contributed by atoms with E-state index in [0.29, 0.717) is 49.9 Å². The molecule has 0 atom stereocenters. The number of pyridine rings is 1. The summed E-state index contributed by atoms with van der Waals surface area (Å²) in [4.78, 5) is 24.7. The van der Waals surface area contributed by atoms with Gasteiger partial charge in [-0.25, -0.2) is 19.2 Å². The lowest BCUT2D eigenvalue weighted by Gasteiger charge is -2.35. The number of carbonyl (C=O) groups is 1. The molecule has 0 bridgehead atoms. The van der Waals surface area contributed by atoms with Gasteiger partial charge in [0.25, 0.3) is 0 Å². The van der Waals surface area contributed by atoms with Gasteiger partial charge in [0, 0.05) is 39.8 Å². The number of piperazine rings is 1. The fourth-order valence-electron chi connectivity index (χ4n) is 3.56. The van der Waals surface area contributed by atoms with E-state index in [1.54, 1.807) is 11.0 Å². The average molecular weight is 382 g/mol. The number of amides is 2. The topological polar surface area (TPSA) is 66.3 Å². The molecule has 2 aromatic heterocycles. The van der Waals surface area contributed by atoms with E-state index in [2.05, 4.69) is 20.2 Å². The van der Waals surface area contributed by atoms with E-state index < -0.39 is 5.82 Å². The molecule has 0 unspecified atom stereocenters. The van der Waals surface area contributed by atoms with Gasteiger partial charge in [-0.15, -0.1) is 0 Å². The maximum Gasteiger partial charge on any atom is 0.317 e. The van der Waals surface area contributed by atoms with Crippen LogP contribution in [0.15, 0.2) is 36.5 Å². The highest BCUT2D eigenvalue weighted by Gasteiger charge is 2.23. The van der Waals surface area contributed by atoms with E-state index in [9.17, 15) is 9.18 Å². The van der Waals surface area contributed by atoms with Gasteiger partial charge in [0.15, 0.2) is 5.82 Å². The molecule has 0 saturated carbocycles. The molecule has 3 aromatic rings. The number of aromatic nitrogens is 3. The van der Waals surface area contributed by atoms with Crippen LogP contribution in [-0.2, 0) is 7.05 Å². The van der Waals surface area contributed by atoms with Crippen LogP contribution in [0.25, 0.3) is 22.4 Å². The second kappa shape index (κ2) is 7.46. The molecule has 28 heavy (non-hydrogen) atoms. The van der Waals surface area contributed by atoms with Crippen LogP contribution >= 0.6 is 0 Å². The Kier molecular flexibility index (Phi) is 4.85. The van der Waals surface area contributed by atoms with Gasteiger partial charge in [-0.1, -0.05) is 12.1 Å². The Bertz CT molecular complexity index is 1010. The summed E-state index contributed by atoms with van der Waals surface area (Å²) in [5.41, 5.74) is 2.20. The minimum Gasteiger partial charge on any atom is -0.353 e. The summed E-state index contributed by atoms with van der Waals surface area (Å²) in [6.45, 7) is 5.02. The predicted octanol–water partition coefficient (Wildman–Crippen LogP) is 2.63. The predicted molar refractivity (Wildman–Crippen MR) is 107 cm³/mol. The SMILES string of the molecule is CCNC(=O)N1CCN(c2cc(-c3nc4ccccc4n3C)c(F)cn2)CC1. The number of fused-ring (bicyclic) bond motifs is 1. The highest BCUT2D eigenvalue weighted by Crippen LogP contribution is 2.28. The van der Waals surface area contributed by atoms with Crippen LogP contribution in [0.3, 0.4) is 0 Å². The Morgan fingerprint density at radius 2 is 1.96 bits per heavy atom. The number of halogens is 1. The largest absolute Gasteiger partial charge is 0.353 e. The number of para-hydroxylation sites is 2. The van der Waals surface area contributed by atoms with Crippen LogP contribution in [0, 0.1) is 5.82 Å². The number of urea groups is 1. The summed E-state index contributed by atoms with van der Waals surface area (Å²) in [5, 5.41) is 2.82. The van der Waals surface area contributed by atoms with Gasteiger partial charge >= 0.3 is 6.03 Å². The van der Waals surface area contributed by atoms with Crippen molar-refractivity contribution in [2.45, 2.75) is 6.92 Å². The van der Waals surface area contributed by atoms with Crippen molar-refractivity contribution in [2.24, 2.45) is 7.05 Å². The third kappa shape index (κ3) is 3.26. The highest BCUT2D eigenvalue weighted by molar-refractivity contribution is 5.81. The highest BCUT2D eigenvalue weighted by atomic mass is 19.1. The number of aryl methyl sites for hydroxylation is 1. The molecule has 1 aromatic carbocycles. The first kappa shape index (κ1) is 18.2. The van der Waals surface area contributed by atoms with Crippen LogP contribution in [0.5, 0.6) is 0 Å². The van der Waals surface area contributed by atoms with Crippen molar-refractivity contribution in [3.8, 4) is 11.4 Å². The van der Waals surface area contributed by atoms with Crippen LogP contribution in [0.2, 0.25) is 0 Å². The quantitative estimate of drug-likeness (QED) is 0.756. The molecule has 8 heteroatoms. The molecule has 146 valence electrons. The van der Waals surface area contributed by atoms with Crippen molar-refractivity contribution >= 4 is 22.9 Å². The van der Waals surface area contributed by atoms with Crippen LogP contribution in [0.1, 0.15) is 6.92 Å². The molecule has 1 saturated heterocycles. The van der Waals surface area contributed by atoms with Gasteiger partial charge in [0.1, 0.15) is 11.6 Å².